The van der Waals surface area contributed by atoms with Gasteiger partial charge < -0.3 is 19.8 Å². The summed E-state index contributed by atoms with van der Waals surface area (Å²) in [4.78, 5) is 30.4. The van der Waals surface area contributed by atoms with Crippen molar-refractivity contribution in [1.29, 1.82) is 0 Å². The Hall–Kier alpha value is -3.81. The number of hydrogen-bond donors (Lipinski definition) is 2. The number of oxazole rings is 1. The highest BCUT2D eigenvalue weighted by Gasteiger charge is 2.33. The fraction of sp³-hybridized carbons (Fsp3) is 0.346. The predicted molar refractivity (Wildman–Crippen MR) is 129 cm³/mol. The molecule has 2 heterocycles. The first-order valence-electron chi connectivity index (χ1n) is 11.5. The van der Waals surface area contributed by atoms with E-state index in [-0.39, 0.29) is 18.0 Å². The number of hydrogen-bond acceptors (Lipinski definition) is 5. The maximum absolute atomic E-state index is 13.5. The Balaban J connectivity index is 1.42. The third kappa shape index (κ3) is 4.35. The van der Waals surface area contributed by atoms with Gasteiger partial charge in [-0.15, -0.1) is 0 Å². The van der Waals surface area contributed by atoms with Gasteiger partial charge in [0.15, 0.2) is 0 Å². The number of alkyl carbamates (subject to hydrolysis) is 1. The van der Waals surface area contributed by atoms with Crippen LogP contribution < -0.4 is 10.6 Å². The summed E-state index contributed by atoms with van der Waals surface area (Å²) in [6.07, 6.45) is 5.16. The van der Waals surface area contributed by atoms with E-state index in [0.717, 1.165) is 35.6 Å². The van der Waals surface area contributed by atoms with Crippen molar-refractivity contribution < 1.29 is 18.7 Å². The molecule has 8 nitrogen and oxygen atoms in total. The molecule has 0 spiro atoms. The molecule has 5 rings (SSSR count). The minimum atomic E-state index is -0.583. The second kappa shape index (κ2) is 8.52. The Morgan fingerprint density at radius 2 is 1.79 bits per heavy atom. The van der Waals surface area contributed by atoms with Gasteiger partial charge in [0, 0.05) is 17.8 Å². The monoisotopic (exact) mass is 460 g/mol. The summed E-state index contributed by atoms with van der Waals surface area (Å²) < 4.78 is 12.5. The number of amides is 2. The molecule has 4 aromatic rings. The van der Waals surface area contributed by atoms with Crippen LogP contribution in [0.5, 0.6) is 0 Å². The molecule has 0 bridgehead atoms. The van der Waals surface area contributed by atoms with Crippen LogP contribution in [-0.4, -0.2) is 39.1 Å². The first kappa shape index (κ1) is 22.0. The van der Waals surface area contributed by atoms with Gasteiger partial charge in [-0.05, 0) is 56.9 Å². The van der Waals surface area contributed by atoms with Crippen LogP contribution in [0.2, 0.25) is 0 Å². The molecule has 1 aliphatic carbocycles. The average Bonchev–Trinajstić information content (AvgIpc) is 3.48. The number of carbonyl (C=O) groups is 2. The van der Waals surface area contributed by atoms with Crippen LogP contribution in [-0.2, 0) is 4.74 Å². The second-order valence-electron chi connectivity index (χ2n) is 9.69. The SMILES string of the molecule is CC(C)(C)OC(=O)N[C@H]1CCC[C@@H]1NC(=O)c1c(-c2ccc3ccccc3c2)nc2occn12. The molecule has 0 saturated heterocycles. The summed E-state index contributed by atoms with van der Waals surface area (Å²) in [5.41, 5.74) is 1.21. The lowest BCUT2D eigenvalue weighted by atomic mass is 10.0. The molecule has 0 unspecified atom stereocenters. The van der Waals surface area contributed by atoms with Crippen molar-refractivity contribution in [3.63, 3.8) is 0 Å². The van der Waals surface area contributed by atoms with E-state index >= 15 is 0 Å². The second-order valence-corrected chi connectivity index (χ2v) is 9.69. The molecule has 2 N–H and O–H groups in total. The number of nitrogens with one attached hydrogen (secondary N) is 2. The smallest absolute Gasteiger partial charge is 0.407 e. The van der Waals surface area contributed by atoms with Gasteiger partial charge in [0.1, 0.15) is 23.3 Å². The van der Waals surface area contributed by atoms with Crippen molar-refractivity contribution in [1.82, 2.24) is 20.0 Å². The maximum atomic E-state index is 13.5. The molecule has 0 radical (unpaired) electrons. The highest BCUT2D eigenvalue weighted by atomic mass is 16.6. The molecular weight excluding hydrogens is 432 g/mol. The fourth-order valence-corrected chi connectivity index (χ4v) is 4.54. The molecular formula is C26H28N4O4. The molecule has 1 saturated carbocycles. The van der Waals surface area contributed by atoms with Gasteiger partial charge in [0.05, 0.1) is 6.04 Å². The molecule has 2 atom stereocenters. The van der Waals surface area contributed by atoms with E-state index in [1.165, 1.54) is 6.26 Å². The number of aromatic nitrogens is 2. The van der Waals surface area contributed by atoms with E-state index in [1.54, 1.807) is 10.6 Å². The van der Waals surface area contributed by atoms with Crippen LogP contribution in [0.1, 0.15) is 50.5 Å². The van der Waals surface area contributed by atoms with E-state index in [2.05, 4.69) is 15.6 Å². The van der Waals surface area contributed by atoms with Crippen LogP contribution in [0.25, 0.3) is 27.9 Å². The van der Waals surface area contributed by atoms with Crippen LogP contribution in [0.3, 0.4) is 0 Å². The lowest BCUT2D eigenvalue weighted by Gasteiger charge is -2.25. The average molecular weight is 461 g/mol. The summed E-state index contributed by atoms with van der Waals surface area (Å²) >= 11 is 0. The molecule has 34 heavy (non-hydrogen) atoms. The standard InChI is InChI=1S/C26H28N4O4/c1-26(2,3)34-25(32)28-20-10-6-9-19(20)27-23(31)22-21(29-24-30(22)13-14-33-24)18-12-11-16-7-4-5-8-17(16)15-18/h4-5,7-8,11-15,19-20H,6,9-10H2,1-3H3,(H,27,31)(H,28,32)/t19-,20-/m0/s1. The predicted octanol–water partition coefficient (Wildman–Crippen LogP) is 4.92. The fourth-order valence-electron chi connectivity index (χ4n) is 4.54. The molecule has 1 aliphatic rings. The topological polar surface area (TPSA) is 97.9 Å². The summed E-state index contributed by atoms with van der Waals surface area (Å²) in [6.45, 7) is 5.47. The van der Waals surface area contributed by atoms with Gasteiger partial charge in [-0.1, -0.05) is 36.4 Å². The number of carbonyl (C=O) groups excluding carboxylic acids is 2. The lowest BCUT2D eigenvalue weighted by Crippen LogP contribution is -2.49. The van der Waals surface area contributed by atoms with E-state index in [0.29, 0.717) is 17.2 Å². The third-order valence-corrected chi connectivity index (χ3v) is 6.03. The van der Waals surface area contributed by atoms with Gasteiger partial charge in [0.25, 0.3) is 5.91 Å². The van der Waals surface area contributed by atoms with Gasteiger partial charge >= 0.3 is 11.9 Å². The Bertz CT molecular complexity index is 1360. The van der Waals surface area contributed by atoms with Crippen molar-refractivity contribution in [3.8, 4) is 11.3 Å². The summed E-state index contributed by atoms with van der Waals surface area (Å²) in [5.74, 6) is 0.0862. The molecule has 176 valence electrons. The zero-order chi connectivity index (χ0) is 23.9. The minimum Gasteiger partial charge on any atom is -0.444 e. The zero-order valence-corrected chi connectivity index (χ0v) is 19.5. The first-order chi connectivity index (χ1) is 16.3. The number of benzene rings is 2. The Labute approximate surface area is 197 Å². The van der Waals surface area contributed by atoms with Gasteiger partial charge in [-0.3, -0.25) is 9.20 Å². The van der Waals surface area contributed by atoms with Crippen molar-refractivity contribution in [2.75, 3.05) is 0 Å². The summed E-state index contributed by atoms with van der Waals surface area (Å²) in [5, 5.41) is 8.21. The van der Waals surface area contributed by atoms with Crippen molar-refractivity contribution in [3.05, 3.63) is 60.6 Å². The maximum Gasteiger partial charge on any atom is 0.407 e. The van der Waals surface area contributed by atoms with Crippen LogP contribution >= 0.6 is 0 Å². The Morgan fingerprint density at radius 3 is 2.56 bits per heavy atom. The highest BCUT2D eigenvalue weighted by molar-refractivity contribution is 6.00. The third-order valence-electron chi connectivity index (χ3n) is 6.03. The lowest BCUT2D eigenvalue weighted by molar-refractivity contribution is 0.0495. The molecule has 0 aliphatic heterocycles. The van der Waals surface area contributed by atoms with Crippen molar-refractivity contribution in [2.45, 2.75) is 57.7 Å². The van der Waals surface area contributed by atoms with Crippen LogP contribution in [0.4, 0.5) is 4.79 Å². The largest absolute Gasteiger partial charge is 0.444 e. The van der Waals surface area contributed by atoms with E-state index < -0.39 is 11.7 Å². The molecule has 2 aromatic heterocycles. The zero-order valence-electron chi connectivity index (χ0n) is 19.5. The molecule has 2 aromatic carbocycles. The van der Waals surface area contributed by atoms with Crippen molar-refractivity contribution in [2.24, 2.45) is 0 Å². The van der Waals surface area contributed by atoms with E-state index in [4.69, 9.17) is 9.15 Å². The van der Waals surface area contributed by atoms with Gasteiger partial charge in [0.2, 0.25) is 0 Å². The van der Waals surface area contributed by atoms with Crippen LogP contribution in [0.15, 0.2) is 59.3 Å². The number of fused-ring (bicyclic) bond motifs is 2. The number of nitrogens with zero attached hydrogens (tertiary/aromatic N) is 2. The Kier molecular flexibility index (Phi) is 5.51. The van der Waals surface area contributed by atoms with E-state index in [1.807, 2.05) is 63.2 Å². The number of rotatable bonds is 4. The first-order valence-corrected chi connectivity index (χ1v) is 11.5. The Morgan fingerprint density at radius 1 is 1.06 bits per heavy atom. The van der Waals surface area contributed by atoms with Gasteiger partial charge in [-0.2, -0.15) is 4.98 Å². The molecule has 2 amide bonds. The minimum absolute atomic E-state index is 0.198. The van der Waals surface area contributed by atoms with Crippen LogP contribution in [0, 0.1) is 0 Å². The molecule has 8 heteroatoms. The van der Waals surface area contributed by atoms with E-state index in [9.17, 15) is 9.59 Å². The van der Waals surface area contributed by atoms with Crippen molar-refractivity contribution >= 4 is 28.6 Å². The quantitative estimate of drug-likeness (QED) is 0.450. The normalized spacial score (nSPS) is 18.3. The highest BCUT2D eigenvalue weighted by Crippen LogP contribution is 2.29. The number of imidazole rings is 1. The summed E-state index contributed by atoms with van der Waals surface area (Å²) in [7, 11) is 0. The summed E-state index contributed by atoms with van der Waals surface area (Å²) in [6, 6.07) is 13.7. The molecule has 1 fully saturated rings. The van der Waals surface area contributed by atoms with Gasteiger partial charge in [-0.25, -0.2) is 4.79 Å². The number of ether oxygens (including phenoxy) is 1.